The Labute approximate surface area is 117 Å². The fourth-order valence-electron chi connectivity index (χ4n) is 1.41. The van der Waals surface area contributed by atoms with Crippen LogP contribution in [-0.2, 0) is 11.0 Å². The lowest BCUT2D eigenvalue weighted by Crippen LogP contribution is -2.34. The molecule has 0 aliphatic carbocycles. The Morgan fingerprint density at radius 2 is 1.95 bits per heavy atom. The summed E-state index contributed by atoms with van der Waals surface area (Å²) in [6.07, 6.45) is -4.42. The number of hydrogen-bond acceptors (Lipinski definition) is 2. The zero-order chi connectivity index (χ0) is 14.6. The van der Waals surface area contributed by atoms with Crippen LogP contribution in [0.1, 0.15) is 19.4 Å². The van der Waals surface area contributed by atoms with Gasteiger partial charge in [0.2, 0.25) is 5.91 Å². The van der Waals surface area contributed by atoms with Crippen molar-refractivity contribution in [1.29, 1.82) is 0 Å². The van der Waals surface area contributed by atoms with Crippen LogP contribution in [0.15, 0.2) is 22.7 Å². The average Bonchev–Trinajstić information content (AvgIpc) is 2.23. The number of anilines is 1. The van der Waals surface area contributed by atoms with E-state index in [9.17, 15) is 18.0 Å². The molecule has 0 saturated heterocycles. The van der Waals surface area contributed by atoms with Crippen molar-refractivity contribution in [3.05, 3.63) is 28.2 Å². The highest BCUT2D eigenvalue weighted by molar-refractivity contribution is 9.10. The SMILES string of the molecule is CC(C)NC(=O)CNc1cc(Br)cc(C(F)(F)F)c1. The Balaban J connectivity index is 2.74. The summed E-state index contributed by atoms with van der Waals surface area (Å²) >= 11 is 3.01. The van der Waals surface area contributed by atoms with Gasteiger partial charge in [-0.15, -0.1) is 0 Å². The predicted octanol–water partition coefficient (Wildman–Crippen LogP) is 3.40. The smallest absolute Gasteiger partial charge is 0.376 e. The zero-order valence-electron chi connectivity index (χ0n) is 10.4. The minimum absolute atomic E-state index is 0.0115. The maximum Gasteiger partial charge on any atom is 0.416 e. The van der Waals surface area contributed by atoms with E-state index < -0.39 is 11.7 Å². The van der Waals surface area contributed by atoms with Crippen molar-refractivity contribution in [2.24, 2.45) is 0 Å². The van der Waals surface area contributed by atoms with Crippen LogP contribution < -0.4 is 10.6 Å². The first-order chi connectivity index (χ1) is 8.68. The second-order valence-corrected chi connectivity index (χ2v) is 5.22. The topological polar surface area (TPSA) is 41.1 Å². The van der Waals surface area contributed by atoms with E-state index in [1.807, 2.05) is 0 Å². The third-order valence-electron chi connectivity index (χ3n) is 2.13. The molecule has 0 aliphatic rings. The molecule has 0 bridgehead atoms. The molecule has 106 valence electrons. The number of amides is 1. The van der Waals surface area contributed by atoms with Crippen molar-refractivity contribution in [3.63, 3.8) is 0 Å². The van der Waals surface area contributed by atoms with E-state index in [2.05, 4.69) is 26.6 Å². The van der Waals surface area contributed by atoms with Crippen LogP contribution in [0.3, 0.4) is 0 Å². The van der Waals surface area contributed by atoms with Gasteiger partial charge in [0, 0.05) is 16.2 Å². The highest BCUT2D eigenvalue weighted by Gasteiger charge is 2.31. The first kappa shape index (κ1) is 15.8. The van der Waals surface area contributed by atoms with Crippen molar-refractivity contribution >= 4 is 27.5 Å². The first-order valence-electron chi connectivity index (χ1n) is 5.59. The van der Waals surface area contributed by atoms with Crippen molar-refractivity contribution in [3.8, 4) is 0 Å². The van der Waals surface area contributed by atoms with E-state index in [-0.39, 0.29) is 24.2 Å². The molecule has 7 heteroatoms. The lowest BCUT2D eigenvalue weighted by molar-refractivity contribution is -0.137. The Morgan fingerprint density at radius 3 is 2.47 bits per heavy atom. The normalized spacial score (nSPS) is 11.5. The highest BCUT2D eigenvalue weighted by atomic mass is 79.9. The molecule has 1 aromatic rings. The summed E-state index contributed by atoms with van der Waals surface area (Å²) in [6, 6.07) is 3.42. The second kappa shape index (κ2) is 6.27. The molecule has 1 aromatic carbocycles. The van der Waals surface area contributed by atoms with Gasteiger partial charge in [-0.1, -0.05) is 15.9 Å². The maximum absolute atomic E-state index is 12.6. The molecule has 0 aliphatic heterocycles. The molecule has 0 fully saturated rings. The van der Waals surface area contributed by atoms with E-state index in [0.717, 1.165) is 12.1 Å². The van der Waals surface area contributed by atoms with E-state index in [1.165, 1.54) is 6.07 Å². The number of rotatable bonds is 4. The fourth-order valence-corrected chi connectivity index (χ4v) is 1.90. The lowest BCUT2D eigenvalue weighted by Gasteiger charge is -2.13. The molecule has 1 rings (SSSR count). The van der Waals surface area contributed by atoms with Crippen LogP contribution in [-0.4, -0.2) is 18.5 Å². The Bertz CT molecular complexity index is 461. The van der Waals surface area contributed by atoms with E-state index >= 15 is 0 Å². The molecule has 0 unspecified atom stereocenters. The second-order valence-electron chi connectivity index (χ2n) is 4.30. The van der Waals surface area contributed by atoms with Gasteiger partial charge in [0.1, 0.15) is 0 Å². The molecular formula is C12H14BrF3N2O. The number of alkyl halides is 3. The zero-order valence-corrected chi connectivity index (χ0v) is 12.0. The third-order valence-corrected chi connectivity index (χ3v) is 2.59. The molecule has 19 heavy (non-hydrogen) atoms. The Hall–Kier alpha value is -1.24. The van der Waals surface area contributed by atoms with Gasteiger partial charge in [-0.25, -0.2) is 0 Å². The van der Waals surface area contributed by atoms with Crippen LogP contribution in [0.25, 0.3) is 0 Å². The van der Waals surface area contributed by atoms with Gasteiger partial charge in [0.15, 0.2) is 0 Å². The van der Waals surface area contributed by atoms with Crippen LogP contribution in [0, 0.1) is 0 Å². The molecule has 2 N–H and O–H groups in total. The summed E-state index contributed by atoms with van der Waals surface area (Å²) in [6.45, 7) is 3.53. The predicted molar refractivity (Wildman–Crippen MR) is 70.9 cm³/mol. The fraction of sp³-hybridized carbons (Fsp3) is 0.417. The van der Waals surface area contributed by atoms with Gasteiger partial charge < -0.3 is 10.6 Å². The van der Waals surface area contributed by atoms with Crippen LogP contribution in [0.5, 0.6) is 0 Å². The number of carbonyl (C=O) groups excluding carboxylic acids is 1. The van der Waals surface area contributed by atoms with Crippen molar-refractivity contribution in [2.75, 3.05) is 11.9 Å². The first-order valence-corrected chi connectivity index (χ1v) is 6.39. The maximum atomic E-state index is 12.6. The highest BCUT2D eigenvalue weighted by Crippen LogP contribution is 2.33. The molecule has 0 saturated carbocycles. The van der Waals surface area contributed by atoms with E-state index in [1.54, 1.807) is 13.8 Å². The van der Waals surface area contributed by atoms with Gasteiger partial charge in [0.25, 0.3) is 0 Å². The Morgan fingerprint density at radius 1 is 1.32 bits per heavy atom. The summed E-state index contributed by atoms with van der Waals surface area (Å²) in [5, 5.41) is 5.30. The molecule has 3 nitrogen and oxygen atoms in total. The number of halogens is 4. The summed E-state index contributed by atoms with van der Waals surface area (Å²) in [7, 11) is 0. The van der Waals surface area contributed by atoms with E-state index in [4.69, 9.17) is 0 Å². The van der Waals surface area contributed by atoms with Gasteiger partial charge in [-0.05, 0) is 32.0 Å². The lowest BCUT2D eigenvalue weighted by atomic mass is 10.2. The van der Waals surface area contributed by atoms with Crippen molar-refractivity contribution in [1.82, 2.24) is 5.32 Å². The van der Waals surface area contributed by atoms with Gasteiger partial charge in [-0.3, -0.25) is 4.79 Å². The van der Waals surface area contributed by atoms with Crippen molar-refractivity contribution in [2.45, 2.75) is 26.1 Å². The summed E-state index contributed by atoms with van der Waals surface area (Å²) in [4.78, 5) is 11.4. The summed E-state index contributed by atoms with van der Waals surface area (Å²) in [5.74, 6) is -0.275. The standard InChI is InChI=1S/C12H14BrF3N2O/c1-7(2)18-11(19)6-17-10-4-8(12(14,15)16)3-9(13)5-10/h3-5,7,17H,6H2,1-2H3,(H,18,19). The van der Waals surface area contributed by atoms with E-state index in [0.29, 0.717) is 4.47 Å². The van der Waals surface area contributed by atoms with Gasteiger partial charge in [-0.2, -0.15) is 13.2 Å². The van der Waals surface area contributed by atoms with Crippen LogP contribution in [0.4, 0.5) is 18.9 Å². The monoisotopic (exact) mass is 338 g/mol. The molecular weight excluding hydrogens is 325 g/mol. The molecule has 0 radical (unpaired) electrons. The summed E-state index contributed by atoms with van der Waals surface area (Å²) in [5.41, 5.74) is -0.533. The minimum atomic E-state index is -4.42. The number of hydrogen-bond donors (Lipinski definition) is 2. The molecule has 0 aromatic heterocycles. The van der Waals surface area contributed by atoms with Gasteiger partial charge in [0.05, 0.1) is 12.1 Å². The number of nitrogens with one attached hydrogen (secondary N) is 2. The quantitative estimate of drug-likeness (QED) is 0.883. The largest absolute Gasteiger partial charge is 0.416 e. The van der Waals surface area contributed by atoms with Crippen LogP contribution >= 0.6 is 15.9 Å². The third kappa shape index (κ3) is 5.50. The van der Waals surface area contributed by atoms with Crippen molar-refractivity contribution < 1.29 is 18.0 Å². The van der Waals surface area contributed by atoms with Crippen LogP contribution in [0.2, 0.25) is 0 Å². The number of carbonyl (C=O) groups is 1. The average molecular weight is 339 g/mol. The van der Waals surface area contributed by atoms with Gasteiger partial charge >= 0.3 is 6.18 Å². The minimum Gasteiger partial charge on any atom is -0.376 e. The molecule has 0 atom stereocenters. The molecule has 0 spiro atoms. The molecule has 0 heterocycles. The summed E-state index contributed by atoms with van der Waals surface area (Å²) < 4.78 is 38.1. The molecule has 1 amide bonds. The number of benzene rings is 1. The Kier molecular flexibility index (Phi) is 5.22.